The van der Waals surface area contributed by atoms with E-state index in [1.165, 1.54) is 12.8 Å². The molecule has 1 saturated heterocycles. The van der Waals surface area contributed by atoms with Gasteiger partial charge in [-0.15, -0.1) is 0 Å². The van der Waals surface area contributed by atoms with E-state index in [0.29, 0.717) is 5.92 Å². The summed E-state index contributed by atoms with van der Waals surface area (Å²) in [7, 11) is 0. The van der Waals surface area contributed by atoms with Crippen LogP contribution >= 0.6 is 11.8 Å². The van der Waals surface area contributed by atoms with Crippen LogP contribution in [0.1, 0.15) is 33.1 Å². The summed E-state index contributed by atoms with van der Waals surface area (Å²) in [5.74, 6) is 2.59. The van der Waals surface area contributed by atoms with Crippen molar-refractivity contribution in [2.45, 2.75) is 38.7 Å². The molecule has 1 fully saturated rings. The zero-order valence-electron chi connectivity index (χ0n) is 7.47. The van der Waals surface area contributed by atoms with Crippen molar-refractivity contribution in [3.63, 3.8) is 0 Å². The molecule has 2 unspecified atom stereocenters. The van der Waals surface area contributed by atoms with Gasteiger partial charge in [-0.3, -0.25) is 0 Å². The Morgan fingerprint density at radius 3 is 2.82 bits per heavy atom. The van der Waals surface area contributed by atoms with Crippen molar-refractivity contribution in [2.75, 3.05) is 11.5 Å². The third-order valence-corrected chi connectivity index (χ3v) is 4.04. The largest absolute Gasteiger partial charge is 0.389 e. The Morgan fingerprint density at radius 2 is 2.36 bits per heavy atom. The highest BCUT2D eigenvalue weighted by Gasteiger charge is 2.37. The van der Waals surface area contributed by atoms with Crippen LogP contribution in [-0.4, -0.2) is 22.2 Å². The van der Waals surface area contributed by atoms with Crippen LogP contribution in [0.4, 0.5) is 0 Å². The fraction of sp³-hybridized carbons (Fsp3) is 1.00. The molecular formula is C9H18OS. The average Bonchev–Trinajstić information content (AvgIpc) is 2.30. The van der Waals surface area contributed by atoms with Crippen LogP contribution in [0.15, 0.2) is 0 Å². The molecule has 0 spiro atoms. The van der Waals surface area contributed by atoms with Crippen molar-refractivity contribution in [1.29, 1.82) is 0 Å². The van der Waals surface area contributed by atoms with Crippen LogP contribution in [-0.2, 0) is 0 Å². The van der Waals surface area contributed by atoms with E-state index in [9.17, 15) is 5.11 Å². The highest BCUT2D eigenvalue weighted by atomic mass is 32.2. The van der Waals surface area contributed by atoms with E-state index < -0.39 is 0 Å². The van der Waals surface area contributed by atoms with Gasteiger partial charge in [-0.05, 0) is 18.1 Å². The highest BCUT2D eigenvalue weighted by molar-refractivity contribution is 7.99. The van der Waals surface area contributed by atoms with E-state index in [1.54, 1.807) is 0 Å². The second-order valence-corrected chi connectivity index (χ2v) is 4.65. The Hall–Kier alpha value is 0.310. The summed E-state index contributed by atoms with van der Waals surface area (Å²) < 4.78 is 0. The fourth-order valence-corrected chi connectivity index (χ4v) is 3.08. The van der Waals surface area contributed by atoms with Gasteiger partial charge in [-0.1, -0.05) is 26.7 Å². The van der Waals surface area contributed by atoms with Gasteiger partial charge in [0.05, 0.1) is 5.60 Å². The van der Waals surface area contributed by atoms with Gasteiger partial charge < -0.3 is 5.11 Å². The predicted octanol–water partition coefficient (Wildman–Crippen LogP) is 2.29. The Morgan fingerprint density at radius 1 is 1.64 bits per heavy atom. The first-order chi connectivity index (χ1) is 5.19. The molecule has 0 aliphatic carbocycles. The summed E-state index contributed by atoms with van der Waals surface area (Å²) >= 11 is 1.89. The maximum absolute atomic E-state index is 10.1. The molecule has 0 amide bonds. The lowest BCUT2D eigenvalue weighted by Crippen LogP contribution is -2.35. The first kappa shape index (κ1) is 9.40. The van der Waals surface area contributed by atoms with Crippen molar-refractivity contribution < 1.29 is 5.11 Å². The topological polar surface area (TPSA) is 20.2 Å². The molecule has 1 N–H and O–H groups in total. The number of thioether (sulfide) groups is 1. The fourth-order valence-electron chi connectivity index (χ4n) is 1.51. The van der Waals surface area contributed by atoms with Gasteiger partial charge in [0.15, 0.2) is 0 Å². The molecule has 66 valence electrons. The summed E-state index contributed by atoms with van der Waals surface area (Å²) in [5.41, 5.74) is -0.333. The summed E-state index contributed by atoms with van der Waals surface area (Å²) in [6.07, 6.45) is 3.36. The summed E-state index contributed by atoms with van der Waals surface area (Å²) in [6, 6.07) is 0. The summed E-state index contributed by atoms with van der Waals surface area (Å²) in [6.45, 7) is 4.34. The molecule has 0 radical (unpaired) electrons. The van der Waals surface area contributed by atoms with Crippen LogP contribution in [0.3, 0.4) is 0 Å². The quantitative estimate of drug-likeness (QED) is 0.708. The van der Waals surface area contributed by atoms with Crippen LogP contribution in [0.2, 0.25) is 0 Å². The van der Waals surface area contributed by atoms with Crippen molar-refractivity contribution in [3.8, 4) is 0 Å². The number of hydrogen-bond acceptors (Lipinski definition) is 2. The van der Waals surface area contributed by atoms with Crippen molar-refractivity contribution in [3.05, 3.63) is 0 Å². The van der Waals surface area contributed by atoms with Gasteiger partial charge in [0.1, 0.15) is 0 Å². The summed E-state index contributed by atoms with van der Waals surface area (Å²) in [5, 5.41) is 10.1. The summed E-state index contributed by atoms with van der Waals surface area (Å²) in [4.78, 5) is 0. The maximum atomic E-state index is 10.1. The minimum Gasteiger partial charge on any atom is -0.389 e. The normalized spacial score (nSPS) is 37.9. The molecule has 2 heteroatoms. The molecule has 1 aliphatic rings. The second-order valence-electron chi connectivity index (χ2n) is 3.62. The smallest absolute Gasteiger partial charge is 0.0771 e. The van der Waals surface area contributed by atoms with Gasteiger partial charge in [-0.25, -0.2) is 0 Å². The molecule has 1 heterocycles. The zero-order valence-corrected chi connectivity index (χ0v) is 8.28. The average molecular weight is 174 g/mol. The zero-order chi connectivity index (χ0) is 8.32. The second kappa shape index (κ2) is 3.81. The highest BCUT2D eigenvalue weighted by Crippen LogP contribution is 2.36. The van der Waals surface area contributed by atoms with Gasteiger partial charge >= 0.3 is 0 Å². The van der Waals surface area contributed by atoms with E-state index in [2.05, 4.69) is 13.8 Å². The monoisotopic (exact) mass is 174 g/mol. The number of rotatable bonds is 3. The molecule has 0 saturated carbocycles. The molecule has 2 atom stereocenters. The number of aliphatic hydroxyl groups is 1. The lowest BCUT2D eigenvalue weighted by Gasteiger charge is -2.26. The lowest BCUT2D eigenvalue weighted by atomic mass is 9.88. The van der Waals surface area contributed by atoms with Gasteiger partial charge in [0.2, 0.25) is 0 Å². The standard InChI is InChI=1S/C9H18OS/c1-3-4-5-9(10)7-11-6-8(9)2/h8,10H,3-7H2,1-2H3. The van der Waals surface area contributed by atoms with Gasteiger partial charge in [-0.2, -0.15) is 11.8 Å². The van der Waals surface area contributed by atoms with Gasteiger partial charge in [0, 0.05) is 5.75 Å². The first-order valence-electron chi connectivity index (χ1n) is 4.49. The SMILES string of the molecule is CCCCC1(O)CSCC1C. The molecule has 0 aromatic rings. The Balaban J connectivity index is 2.38. The molecule has 1 nitrogen and oxygen atoms in total. The van der Waals surface area contributed by atoms with Crippen molar-refractivity contribution in [1.82, 2.24) is 0 Å². The molecular weight excluding hydrogens is 156 g/mol. The van der Waals surface area contributed by atoms with Gasteiger partial charge in [0.25, 0.3) is 0 Å². The van der Waals surface area contributed by atoms with E-state index in [1.807, 2.05) is 11.8 Å². The number of unbranched alkanes of at least 4 members (excludes halogenated alkanes) is 1. The van der Waals surface area contributed by atoms with Crippen LogP contribution in [0.25, 0.3) is 0 Å². The first-order valence-corrected chi connectivity index (χ1v) is 5.64. The Labute approximate surface area is 73.6 Å². The van der Waals surface area contributed by atoms with E-state index in [-0.39, 0.29) is 5.60 Å². The molecule has 0 aromatic carbocycles. The molecule has 0 bridgehead atoms. The maximum Gasteiger partial charge on any atom is 0.0771 e. The Kier molecular flexibility index (Phi) is 3.26. The van der Waals surface area contributed by atoms with Crippen LogP contribution < -0.4 is 0 Å². The Bertz CT molecular complexity index is 127. The molecule has 1 aliphatic heterocycles. The predicted molar refractivity (Wildman–Crippen MR) is 51.0 cm³/mol. The molecule has 11 heavy (non-hydrogen) atoms. The van der Waals surface area contributed by atoms with E-state index >= 15 is 0 Å². The van der Waals surface area contributed by atoms with Crippen molar-refractivity contribution >= 4 is 11.8 Å². The van der Waals surface area contributed by atoms with E-state index in [0.717, 1.165) is 17.9 Å². The minimum atomic E-state index is -0.333. The lowest BCUT2D eigenvalue weighted by molar-refractivity contribution is 0.0170. The van der Waals surface area contributed by atoms with Crippen molar-refractivity contribution in [2.24, 2.45) is 5.92 Å². The molecule has 0 aromatic heterocycles. The van der Waals surface area contributed by atoms with E-state index in [4.69, 9.17) is 0 Å². The van der Waals surface area contributed by atoms with Crippen LogP contribution in [0.5, 0.6) is 0 Å². The minimum absolute atomic E-state index is 0.333. The molecule has 1 rings (SSSR count). The van der Waals surface area contributed by atoms with Crippen LogP contribution in [0, 0.1) is 5.92 Å². The third-order valence-electron chi connectivity index (χ3n) is 2.60. The number of hydrogen-bond donors (Lipinski definition) is 1. The third kappa shape index (κ3) is 2.12.